The minimum Gasteiger partial charge on any atom is -0.436 e. The topological polar surface area (TPSA) is 35.0 Å². The predicted molar refractivity (Wildman–Crippen MR) is 70.4 cm³/mol. The number of pyridine rings is 2. The summed E-state index contributed by atoms with van der Waals surface area (Å²) in [5.41, 5.74) is 1.94. The minimum atomic E-state index is 0.563. The largest absolute Gasteiger partial charge is 0.436 e. The van der Waals surface area contributed by atoms with Crippen LogP contribution in [0, 0.1) is 6.92 Å². The number of nitrogens with zero attached hydrogens (tertiary/aromatic N) is 2. The van der Waals surface area contributed by atoms with Crippen molar-refractivity contribution in [3.05, 3.63) is 46.3 Å². The number of ether oxygens (including phenoxy) is 1. The van der Waals surface area contributed by atoms with Crippen molar-refractivity contribution in [2.75, 3.05) is 0 Å². The van der Waals surface area contributed by atoms with Gasteiger partial charge in [-0.15, -0.1) is 0 Å². The maximum absolute atomic E-state index is 5.77. The molecule has 88 valence electrons. The van der Waals surface area contributed by atoms with Gasteiger partial charge in [0.2, 0.25) is 5.88 Å². The number of hydrogen-bond donors (Lipinski definition) is 0. The van der Waals surface area contributed by atoms with Crippen LogP contribution in [-0.4, -0.2) is 9.97 Å². The van der Waals surface area contributed by atoms with Gasteiger partial charge in [-0.2, -0.15) is 0 Å². The van der Waals surface area contributed by atoms with Gasteiger partial charge in [0.15, 0.2) is 5.75 Å². The third kappa shape index (κ3) is 2.82. The lowest BCUT2D eigenvalue weighted by Crippen LogP contribution is -1.97. The van der Waals surface area contributed by atoms with E-state index in [1.807, 2.05) is 31.2 Å². The molecule has 2 heterocycles. The molecule has 2 aromatic rings. The Morgan fingerprint density at radius 1 is 1.29 bits per heavy atom. The second-order valence-electron chi connectivity index (χ2n) is 3.64. The Hall–Kier alpha value is -1.42. The summed E-state index contributed by atoms with van der Waals surface area (Å²) >= 11 is 3.41. The summed E-state index contributed by atoms with van der Waals surface area (Å²) in [6, 6.07) is 7.62. The average molecular weight is 293 g/mol. The van der Waals surface area contributed by atoms with Gasteiger partial charge in [0.05, 0.1) is 10.2 Å². The van der Waals surface area contributed by atoms with Crippen LogP contribution >= 0.6 is 15.9 Å². The molecule has 4 heteroatoms. The number of hydrogen-bond acceptors (Lipinski definition) is 3. The predicted octanol–water partition coefficient (Wildman–Crippen LogP) is 3.90. The molecule has 0 atom stereocenters. The van der Waals surface area contributed by atoms with Crippen molar-refractivity contribution in [2.24, 2.45) is 0 Å². The molecule has 0 saturated carbocycles. The van der Waals surface area contributed by atoms with Crippen molar-refractivity contribution in [1.82, 2.24) is 9.97 Å². The van der Waals surface area contributed by atoms with Gasteiger partial charge < -0.3 is 4.74 Å². The van der Waals surface area contributed by atoms with Crippen molar-refractivity contribution in [1.29, 1.82) is 0 Å². The van der Waals surface area contributed by atoms with Crippen molar-refractivity contribution >= 4 is 15.9 Å². The lowest BCUT2D eigenvalue weighted by atomic mass is 10.2. The van der Waals surface area contributed by atoms with E-state index in [9.17, 15) is 0 Å². The zero-order valence-electron chi connectivity index (χ0n) is 9.77. The molecule has 17 heavy (non-hydrogen) atoms. The molecule has 0 radical (unpaired) electrons. The Morgan fingerprint density at radius 2 is 2.12 bits per heavy atom. The first-order valence-corrected chi connectivity index (χ1v) is 6.25. The van der Waals surface area contributed by atoms with Gasteiger partial charge >= 0.3 is 0 Å². The highest BCUT2D eigenvalue weighted by atomic mass is 79.9. The fraction of sp³-hybridized carbons (Fsp3) is 0.231. The normalized spacial score (nSPS) is 10.3. The minimum absolute atomic E-state index is 0.563. The summed E-state index contributed by atoms with van der Waals surface area (Å²) in [5, 5.41) is 0. The van der Waals surface area contributed by atoms with Gasteiger partial charge in [-0.25, -0.2) is 4.98 Å². The maximum atomic E-state index is 5.77. The smallest absolute Gasteiger partial charge is 0.233 e. The molecule has 0 fully saturated rings. The molecule has 0 aliphatic carbocycles. The molecule has 0 bridgehead atoms. The molecule has 0 N–H and O–H groups in total. The molecule has 2 aromatic heterocycles. The van der Waals surface area contributed by atoms with Crippen molar-refractivity contribution in [2.45, 2.75) is 20.3 Å². The van der Waals surface area contributed by atoms with Crippen LogP contribution in [0.4, 0.5) is 0 Å². The summed E-state index contributed by atoms with van der Waals surface area (Å²) in [4.78, 5) is 8.62. The highest BCUT2D eigenvalue weighted by molar-refractivity contribution is 9.10. The van der Waals surface area contributed by atoms with Gasteiger partial charge in [0.1, 0.15) is 0 Å². The Morgan fingerprint density at radius 3 is 2.82 bits per heavy atom. The lowest BCUT2D eigenvalue weighted by molar-refractivity contribution is 0.451. The highest BCUT2D eigenvalue weighted by Crippen LogP contribution is 2.28. The molecular formula is C13H13BrN2O. The van der Waals surface area contributed by atoms with E-state index in [0.717, 1.165) is 28.0 Å². The van der Waals surface area contributed by atoms with Crippen molar-refractivity contribution in [3.8, 4) is 11.6 Å². The monoisotopic (exact) mass is 292 g/mol. The van der Waals surface area contributed by atoms with E-state index in [0.29, 0.717) is 5.88 Å². The quantitative estimate of drug-likeness (QED) is 0.860. The van der Waals surface area contributed by atoms with E-state index >= 15 is 0 Å². The van der Waals surface area contributed by atoms with Crippen LogP contribution in [0.1, 0.15) is 18.3 Å². The molecule has 0 aliphatic rings. The zero-order chi connectivity index (χ0) is 12.3. The van der Waals surface area contributed by atoms with E-state index in [1.54, 1.807) is 6.20 Å². The SMILES string of the molecule is CCc1nc(C)ccc1Oc1ncccc1Br. The number of aromatic nitrogens is 2. The lowest BCUT2D eigenvalue weighted by Gasteiger charge is -2.10. The van der Waals surface area contributed by atoms with Gasteiger partial charge in [-0.05, 0) is 53.5 Å². The van der Waals surface area contributed by atoms with Crippen molar-refractivity contribution < 1.29 is 4.74 Å². The summed E-state index contributed by atoms with van der Waals surface area (Å²) in [5.74, 6) is 1.32. The number of rotatable bonds is 3. The van der Waals surface area contributed by atoms with E-state index in [2.05, 4.69) is 32.8 Å². The van der Waals surface area contributed by atoms with Crippen LogP contribution < -0.4 is 4.74 Å². The second-order valence-corrected chi connectivity index (χ2v) is 4.50. The summed E-state index contributed by atoms with van der Waals surface area (Å²) in [6.07, 6.45) is 2.54. The van der Waals surface area contributed by atoms with Gasteiger partial charge in [0.25, 0.3) is 0 Å². The molecule has 3 nitrogen and oxygen atoms in total. The van der Waals surface area contributed by atoms with E-state index < -0.39 is 0 Å². The molecule has 0 spiro atoms. The second kappa shape index (κ2) is 5.27. The molecule has 2 rings (SSSR count). The molecule has 0 aromatic carbocycles. The van der Waals surface area contributed by atoms with E-state index in [-0.39, 0.29) is 0 Å². The van der Waals surface area contributed by atoms with Gasteiger partial charge in [-0.3, -0.25) is 4.98 Å². The molecular weight excluding hydrogens is 280 g/mol. The molecule has 0 unspecified atom stereocenters. The zero-order valence-corrected chi connectivity index (χ0v) is 11.4. The van der Waals surface area contributed by atoms with E-state index in [1.165, 1.54) is 0 Å². The first-order chi connectivity index (χ1) is 8.20. The van der Waals surface area contributed by atoms with Crippen LogP contribution in [-0.2, 0) is 6.42 Å². The molecule has 0 aliphatic heterocycles. The fourth-order valence-corrected chi connectivity index (χ4v) is 1.83. The standard InChI is InChI=1S/C13H13BrN2O/c1-3-11-12(7-6-9(2)16-11)17-13-10(14)5-4-8-15-13/h4-8H,3H2,1-2H3. The van der Waals surface area contributed by atoms with Crippen LogP contribution in [0.3, 0.4) is 0 Å². The van der Waals surface area contributed by atoms with Crippen LogP contribution in [0.25, 0.3) is 0 Å². The average Bonchev–Trinajstić information content (AvgIpc) is 2.34. The van der Waals surface area contributed by atoms with Crippen LogP contribution in [0.5, 0.6) is 11.6 Å². The summed E-state index contributed by atoms with van der Waals surface area (Å²) in [7, 11) is 0. The van der Waals surface area contributed by atoms with Crippen LogP contribution in [0.2, 0.25) is 0 Å². The first kappa shape index (κ1) is 12.0. The Balaban J connectivity index is 2.33. The Kier molecular flexibility index (Phi) is 3.74. The summed E-state index contributed by atoms with van der Waals surface area (Å²) < 4.78 is 6.60. The summed E-state index contributed by atoms with van der Waals surface area (Å²) in [6.45, 7) is 4.03. The van der Waals surface area contributed by atoms with E-state index in [4.69, 9.17) is 4.74 Å². The number of aryl methyl sites for hydroxylation is 2. The van der Waals surface area contributed by atoms with Gasteiger partial charge in [0, 0.05) is 11.9 Å². The fourth-order valence-electron chi connectivity index (χ4n) is 1.49. The third-order valence-corrected chi connectivity index (χ3v) is 2.94. The Bertz CT molecular complexity index is 529. The highest BCUT2D eigenvalue weighted by Gasteiger charge is 2.08. The Labute approximate surface area is 109 Å². The van der Waals surface area contributed by atoms with Crippen molar-refractivity contribution in [3.63, 3.8) is 0 Å². The van der Waals surface area contributed by atoms with Gasteiger partial charge in [-0.1, -0.05) is 6.92 Å². The third-order valence-electron chi connectivity index (χ3n) is 2.34. The molecule has 0 amide bonds. The van der Waals surface area contributed by atoms with Crippen LogP contribution in [0.15, 0.2) is 34.9 Å². The first-order valence-electron chi connectivity index (χ1n) is 5.45. The maximum Gasteiger partial charge on any atom is 0.233 e. The number of halogens is 1. The molecule has 0 saturated heterocycles.